The van der Waals surface area contributed by atoms with Gasteiger partial charge in [0.15, 0.2) is 0 Å². The molecule has 1 aromatic carbocycles. The van der Waals surface area contributed by atoms with Gasteiger partial charge in [0, 0.05) is 5.69 Å². The lowest BCUT2D eigenvalue weighted by Gasteiger charge is -2.36. The van der Waals surface area contributed by atoms with Crippen LogP contribution in [0, 0.1) is 5.92 Å². The maximum atomic E-state index is 12.8. The Morgan fingerprint density at radius 1 is 1.28 bits per heavy atom. The van der Waals surface area contributed by atoms with Crippen molar-refractivity contribution in [2.45, 2.75) is 51.5 Å². The molecule has 1 aliphatic carbocycles. The molecule has 1 aromatic rings. The first kappa shape index (κ1) is 17.5. The molecule has 6 heteroatoms. The van der Waals surface area contributed by atoms with E-state index in [1.165, 1.54) is 5.56 Å². The molecular weight excluding hydrogens is 318 g/mol. The van der Waals surface area contributed by atoms with Crippen LogP contribution in [0.5, 0.6) is 0 Å². The number of benzene rings is 1. The third kappa shape index (κ3) is 3.25. The molecule has 1 saturated heterocycles. The standard InChI is InChI=1S/C19H25N3O3/c1-3-14-7-9-15(10-8-14)20-16(23)12-22-17(24)19(21-18(22)25)11-5-4-6-13(19)2/h7-10,13H,3-6,11-12H2,1-2H3,(H,20,23)(H,21,25)/t13-,19+/m1/s1. The molecule has 6 nitrogen and oxygen atoms in total. The van der Waals surface area contributed by atoms with Crippen molar-refractivity contribution in [2.24, 2.45) is 5.92 Å². The van der Waals surface area contributed by atoms with Gasteiger partial charge in [0.25, 0.3) is 5.91 Å². The topological polar surface area (TPSA) is 78.5 Å². The molecule has 1 spiro atoms. The van der Waals surface area contributed by atoms with Gasteiger partial charge in [-0.05, 0) is 42.9 Å². The van der Waals surface area contributed by atoms with Crippen LogP contribution >= 0.6 is 0 Å². The quantitative estimate of drug-likeness (QED) is 0.825. The Morgan fingerprint density at radius 3 is 2.64 bits per heavy atom. The summed E-state index contributed by atoms with van der Waals surface area (Å²) >= 11 is 0. The molecule has 134 valence electrons. The summed E-state index contributed by atoms with van der Waals surface area (Å²) in [5.74, 6) is -0.540. The zero-order chi connectivity index (χ0) is 18.0. The second-order valence-corrected chi connectivity index (χ2v) is 7.04. The molecule has 2 atom stereocenters. The largest absolute Gasteiger partial charge is 0.325 e. The number of imide groups is 1. The van der Waals surface area contributed by atoms with Gasteiger partial charge in [-0.1, -0.05) is 38.8 Å². The Bertz CT molecular complexity index is 686. The van der Waals surface area contributed by atoms with Crippen molar-refractivity contribution in [3.8, 4) is 0 Å². The highest BCUT2D eigenvalue weighted by Crippen LogP contribution is 2.38. The van der Waals surface area contributed by atoms with Crippen molar-refractivity contribution < 1.29 is 14.4 Å². The van der Waals surface area contributed by atoms with Gasteiger partial charge >= 0.3 is 6.03 Å². The molecular formula is C19H25N3O3. The number of hydrogen-bond donors (Lipinski definition) is 2. The van der Waals surface area contributed by atoms with Crippen molar-refractivity contribution in [3.05, 3.63) is 29.8 Å². The normalized spacial score (nSPS) is 26.0. The molecule has 0 bridgehead atoms. The minimum Gasteiger partial charge on any atom is -0.325 e. The van der Waals surface area contributed by atoms with Crippen molar-refractivity contribution >= 4 is 23.5 Å². The van der Waals surface area contributed by atoms with E-state index in [-0.39, 0.29) is 24.3 Å². The molecule has 2 aliphatic rings. The fourth-order valence-electron chi connectivity index (χ4n) is 3.81. The Hall–Kier alpha value is -2.37. The van der Waals surface area contributed by atoms with Gasteiger partial charge < -0.3 is 10.6 Å². The van der Waals surface area contributed by atoms with Crippen LogP contribution in [0.2, 0.25) is 0 Å². The first-order valence-corrected chi connectivity index (χ1v) is 8.99. The third-order valence-electron chi connectivity index (χ3n) is 5.45. The number of anilines is 1. The average molecular weight is 343 g/mol. The Kier molecular flexibility index (Phi) is 4.79. The molecule has 0 radical (unpaired) electrons. The maximum absolute atomic E-state index is 12.8. The summed E-state index contributed by atoms with van der Waals surface area (Å²) in [6, 6.07) is 7.08. The number of rotatable bonds is 4. The fourth-order valence-corrected chi connectivity index (χ4v) is 3.81. The maximum Gasteiger partial charge on any atom is 0.325 e. The van der Waals surface area contributed by atoms with E-state index in [1.807, 2.05) is 31.2 Å². The molecule has 2 fully saturated rings. The van der Waals surface area contributed by atoms with Gasteiger partial charge in [-0.25, -0.2) is 4.79 Å². The van der Waals surface area contributed by atoms with E-state index in [0.717, 1.165) is 30.6 Å². The number of urea groups is 1. The van der Waals surface area contributed by atoms with Crippen molar-refractivity contribution in [1.29, 1.82) is 0 Å². The van der Waals surface area contributed by atoms with Crippen molar-refractivity contribution in [3.63, 3.8) is 0 Å². The van der Waals surface area contributed by atoms with Crippen LogP contribution in [0.25, 0.3) is 0 Å². The number of nitrogens with zero attached hydrogens (tertiary/aromatic N) is 1. The van der Waals surface area contributed by atoms with Crippen molar-refractivity contribution in [2.75, 3.05) is 11.9 Å². The highest BCUT2D eigenvalue weighted by atomic mass is 16.2. The summed E-state index contributed by atoms with van der Waals surface area (Å²) < 4.78 is 0. The van der Waals surface area contributed by atoms with E-state index in [2.05, 4.69) is 17.6 Å². The minimum absolute atomic E-state index is 0.0901. The zero-order valence-electron chi connectivity index (χ0n) is 14.8. The lowest BCUT2D eigenvalue weighted by molar-refractivity contribution is -0.136. The first-order chi connectivity index (χ1) is 12.0. The highest BCUT2D eigenvalue weighted by Gasteiger charge is 2.55. The summed E-state index contributed by atoms with van der Waals surface area (Å²) in [4.78, 5) is 38.5. The van der Waals surface area contributed by atoms with E-state index in [9.17, 15) is 14.4 Å². The number of aryl methyl sites for hydroxylation is 1. The Balaban J connectivity index is 1.66. The van der Waals surface area contributed by atoms with Crippen LogP contribution in [-0.2, 0) is 16.0 Å². The van der Waals surface area contributed by atoms with E-state index in [1.54, 1.807) is 0 Å². The number of hydrogen-bond acceptors (Lipinski definition) is 3. The molecule has 1 heterocycles. The predicted octanol–water partition coefficient (Wildman–Crippen LogP) is 2.69. The Morgan fingerprint density at radius 2 is 2.00 bits per heavy atom. The zero-order valence-corrected chi connectivity index (χ0v) is 14.8. The van der Waals surface area contributed by atoms with Crippen LogP contribution in [0.1, 0.15) is 45.1 Å². The summed E-state index contributed by atoms with van der Waals surface area (Å²) in [5.41, 5.74) is 1.02. The average Bonchev–Trinajstić information content (AvgIpc) is 2.83. The van der Waals surface area contributed by atoms with Gasteiger partial charge in [0.05, 0.1) is 0 Å². The van der Waals surface area contributed by atoms with Gasteiger partial charge in [0.2, 0.25) is 5.91 Å². The van der Waals surface area contributed by atoms with Gasteiger partial charge in [-0.3, -0.25) is 14.5 Å². The second kappa shape index (κ2) is 6.86. The molecule has 4 amide bonds. The van der Waals surface area contributed by atoms with Gasteiger partial charge in [0.1, 0.15) is 12.1 Å². The fraction of sp³-hybridized carbons (Fsp3) is 0.526. The SMILES string of the molecule is CCc1ccc(NC(=O)CN2C(=O)N[C@]3(CCCC[C@H]3C)C2=O)cc1. The molecule has 3 rings (SSSR count). The van der Waals surface area contributed by atoms with Crippen LogP contribution in [0.3, 0.4) is 0 Å². The molecule has 0 aromatic heterocycles. The molecule has 0 unspecified atom stereocenters. The Labute approximate surface area is 148 Å². The van der Waals surface area contributed by atoms with Crippen LogP contribution in [0.4, 0.5) is 10.5 Å². The van der Waals surface area contributed by atoms with Gasteiger partial charge in [-0.2, -0.15) is 0 Å². The van der Waals surface area contributed by atoms with Crippen LogP contribution in [0.15, 0.2) is 24.3 Å². The summed E-state index contributed by atoms with van der Waals surface area (Å²) in [7, 11) is 0. The smallest absolute Gasteiger partial charge is 0.325 e. The number of carbonyl (C=O) groups is 3. The molecule has 1 aliphatic heterocycles. The molecule has 2 N–H and O–H groups in total. The van der Waals surface area contributed by atoms with Crippen molar-refractivity contribution in [1.82, 2.24) is 10.2 Å². The van der Waals surface area contributed by atoms with Gasteiger partial charge in [-0.15, -0.1) is 0 Å². The number of nitrogens with one attached hydrogen (secondary N) is 2. The summed E-state index contributed by atoms with van der Waals surface area (Å²) in [6.07, 6.45) is 4.47. The predicted molar refractivity (Wildman–Crippen MR) is 95.1 cm³/mol. The lowest BCUT2D eigenvalue weighted by atomic mass is 9.73. The lowest BCUT2D eigenvalue weighted by Crippen LogP contribution is -2.54. The van der Waals surface area contributed by atoms with E-state index in [4.69, 9.17) is 0 Å². The summed E-state index contributed by atoms with van der Waals surface area (Å²) in [6.45, 7) is 3.80. The van der Waals surface area contributed by atoms with Crippen LogP contribution in [-0.4, -0.2) is 34.8 Å². The van der Waals surface area contributed by atoms with E-state index < -0.39 is 11.6 Å². The van der Waals surface area contributed by atoms with E-state index >= 15 is 0 Å². The summed E-state index contributed by atoms with van der Waals surface area (Å²) in [5, 5.41) is 5.61. The minimum atomic E-state index is -0.821. The molecule has 25 heavy (non-hydrogen) atoms. The van der Waals surface area contributed by atoms with E-state index in [0.29, 0.717) is 12.1 Å². The third-order valence-corrected chi connectivity index (χ3v) is 5.45. The second-order valence-electron chi connectivity index (χ2n) is 7.04. The number of carbonyl (C=O) groups excluding carboxylic acids is 3. The monoisotopic (exact) mass is 343 g/mol. The number of amides is 4. The highest BCUT2D eigenvalue weighted by molar-refractivity contribution is 6.10. The first-order valence-electron chi connectivity index (χ1n) is 8.99. The van der Waals surface area contributed by atoms with Crippen LogP contribution < -0.4 is 10.6 Å². The molecule has 1 saturated carbocycles.